The Kier molecular flexibility index (Phi) is 6.37. The van der Waals surface area contributed by atoms with Crippen LogP contribution in [0.4, 0.5) is 0 Å². The van der Waals surface area contributed by atoms with Gasteiger partial charge in [-0.25, -0.2) is 0 Å². The van der Waals surface area contributed by atoms with E-state index in [9.17, 15) is 4.79 Å². The van der Waals surface area contributed by atoms with Crippen molar-refractivity contribution in [2.45, 2.75) is 31.9 Å². The molecule has 1 N–H and O–H groups in total. The van der Waals surface area contributed by atoms with E-state index in [4.69, 9.17) is 14.2 Å². The summed E-state index contributed by atoms with van der Waals surface area (Å²) in [6.07, 6.45) is 2.01. The predicted octanol–water partition coefficient (Wildman–Crippen LogP) is 0.333. The van der Waals surface area contributed by atoms with Crippen LogP contribution in [0.25, 0.3) is 0 Å². The van der Waals surface area contributed by atoms with Crippen molar-refractivity contribution < 1.29 is 19.0 Å². The van der Waals surface area contributed by atoms with Crippen molar-refractivity contribution >= 4 is 5.97 Å². The molecule has 0 bridgehead atoms. The molecule has 94 valence electrons. The van der Waals surface area contributed by atoms with Crippen LogP contribution in [-0.2, 0) is 19.0 Å². The number of hydrogen-bond donors (Lipinski definition) is 1. The normalized spacial score (nSPS) is 19.4. The van der Waals surface area contributed by atoms with Crippen molar-refractivity contribution in [3.63, 3.8) is 0 Å². The number of esters is 1. The summed E-state index contributed by atoms with van der Waals surface area (Å²) in [7, 11) is 1.39. The summed E-state index contributed by atoms with van der Waals surface area (Å²) in [5.41, 5.74) is 0. The molecule has 1 heterocycles. The molecule has 0 radical (unpaired) electrons. The molecule has 5 heteroatoms. The second-order valence-electron chi connectivity index (χ2n) is 3.78. The number of hydrogen-bond acceptors (Lipinski definition) is 5. The van der Waals surface area contributed by atoms with Gasteiger partial charge in [-0.2, -0.15) is 0 Å². The van der Waals surface area contributed by atoms with Crippen LogP contribution in [0.5, 0.6) is 0 Å². The van der Waals surface area contributed by atoms with Gasteiger partial charge in [0.25, 0.3) is 0 Å². The maximum atomic E-state index is 11.4. The number of nitrogens with one attached hydrogen (secondary N) is 1. The minimum absolute atomic E-state index is 0.208. The van der Waals surface area contributed by atoms with E-state index in [1.54, 1.807) is 0 Å². The van der Waals surface area contributed by atoms with E-state index in [0.29, 0.717) is 6.61 Å². The van der Waals surface area contributed by atoms with Gasteiger partial charge in [0.05, 0.1) is 19.8 Å². The molecule has 1 atom stereocenters. The molecule has 16 heavy (non-hydrogen) atoms. The molecule has 0 aliphatic carbocycles. The van der Waals surface area contributed by atoms with Gasteiger partial charge in [-0.05, 0) is 19.4 Å². The topological polar surface area (TPSA) is 56.8 Å². The predicted molar refractivity (Wildman–Crippen MR) is 59.3 cm³/mol. The van der Waals surface area contributed by atoms with Crippen molar-refractivity contribution in [3.8, 4) is 0 Å². The Morgan fingerprint density at radius 2 is 2.19 bits per heavy atom. The minimum Gasteiger partial charge on any atom is -0.468 e. The van der Waals surface area contributed by atoms with Gasteiger partial charge in [0.1, 0.15) is 6.04 Å². The van der Waals surface area contributed by atoms with Crippen LogP contribution in [-0.4, -0.2) is 51.6 Å². The molecule has 0 amide bonds. The van der Waals surface area contributed by atoms with Gasteiger partial charge in [0.15, 0.2) is 0 Å². The lowest BCUT2D eigenvalue weighted by atomic mass is 10.1. The van der Waals surface area contributed by atoms with E-state index in [0.717, 1.165) is 32.6 Å². The number of methoxy groups -OCH3 is 1. The van der Waals surface area contributed by atoms with Crippen molar-refractivity contribution in [1.29, 1.82) is 0 Å². The van der Waals surface area contributed by atoms with Gasteiger partial charge in [0, 0.05) is 13.2 Å². The molecule has 5 nitrogen and oxygen atoms in total. The minimum atomic E-state index is -0.363. The van der Waals surface area contributed by atoms with Crippen molar-refractivity contribution in [3.05, 3.63) is 0 Å². The Hall–Kier alpha value is -0.650. The van der Waals surface area contributed by atoms with Gasteiger partial charge in [-0.15, -0.1) is 0 Å². The second-order valence-corrected chi connectivity index (χ2v) is 3.78. The average molecular weight is 231 g/mol. The first-order valence-electron chi connectivity index (χ1n) is 5.78. The number of carbonyl (C=O) groups is 1. The fourth-order valence-corrected chi connectivity index (χ4v) is 1.67. The monoisotopic (exact) mass is 231 g/mol. The van der Waals surface area contributed by atoms with Crippen molar-refractivity contribution in [1.82, 2.24) is 5.32 Å². The summed E-state index contributed by atoms with van der Waals surface area (Å²) in [5.74, 6) is -0.270. The first kappa shape index (κ1) is 13.4. The van der Waals surface area contributed by atoms with E-state index in [2.05, 4.69) is 5.32 Å². The smallest absolute Gasteiger partial charge is 0.325 e. The molecule has 1 aliphatic heterocycles. The lowest BCUT2D eigenvalue weighted by Crippen LogP contribution is -2.42. The third kappa shape index (κ3) is 4.47. The van der Waals surface area contributed by atoms with E-state index in [1.807, 2.05) is 6.92 Å². The molecule has 0 aromatic heterocycles. The Morgan fingerprint density at radius 1 is 1.50 bits per heavy atom. The number of likely N-dealkylation sites (N-methyl/N-ethyl adjacent to an activating group) is 1. The van der Waals surface area contributed by atoms with Crippen LogP contribution >= 0.6 is 0 Å². The lowest BCUT2D eigenvalue weighted by Gasteiger charge is -2.24. The highest BCUT2D eigenvalue weighted by Crippen LogP contribution is 2.10. The average Bonchev–Trinajstić information content (AvgIpc) is 2.34. The van der Waals surface area contributed by atoms with Crippen LogP contribution in [0.3, 0.4) is 0 Å². The van der Waals surface area contributed by atoms with Gasteiger partial charge in [-0.3, -0.25) is 4.79 Å². The SMILES string of the molecule is CCNC(COC1CCOCC1)C(=O)OC. The summed E-state index contributed by atoms with van der Waals surface area (Å²) in [5, 5.41) is 3.04. The van der Waals surface area contributed by atoms with Gasteiger partial charge >= 0.3 is 5.97 Å². The summed E-state index contributed by atoms with van der Waals surface area (Å²) in [4.78, 5) is 11.4. The fraction of sp³-hybridized carbons (Fsp3) is 0.909. The molecular formula is C11H21NO4. The van der Waals surface area contributed by atoms with Gasteiger partial charge in [-0.1, -0.05) is 6.92 Å². The van der Waals surface area contributed by atoms with Crippen LogP contribution in [0, 0.1) is 0 Å². The Balaban J connectivity index is 2.27. The van der Waals surface area contributed by atoms with Crippen molar-refractivity contribution in [2.24, 2.45) is 0 Å². The molecular weight excluding hydrogens is 210 g/mol. The third-order valence-electron chi connectivity index (χ3n) is 2.60. The van der Waals surface area contributed by atoms with Gasteiger partial charge in [0.2, 0.25) is 0 Å². The molecule has 0 saturated carbocycles. The Labute approximate surface area is 96.4 Å². The molecule has 1 fully saturated rings. The second kappa shape index (κ2) is 7.60. The first-order valence-corrected chi connectivity index (χ1v) is 5.78. The molecule has 0 spiro atoms. The zero-order valence-electron chi connectivity index (χ0n) is 10.0. The summed E-state index contributed by atoms with van der Waals surface area (Å²) < 4.78 is 15.6. The largest absolute Gasteiger partial charge is 0.468 e. The zero-order chi connectivity index (χ0) is 11.8. The standard InChI is InChI=1S/C11H21NO4/c1-3-12-10(11(13)14-2)8-16-9-4-6-15-7-5-9/h9-10,12H,3-8H2,1-2H3. The summed E-state index contributed by atoms with van der Waals surface area (Å²) >= 11 is 0. The molecule has 1 rings (SSSR count). The van der Waals surface area contributed by atoms with E-state index < -0.39 is 0 Å². The summed E-state index contributed by atoms with van der Waals surface area (Å²) in [6, 6.07) is -0.363. The molecule has 1 saturated heterocycles. The molecule has 0 aromatic carbocycles. The van der Waals surface area contributed by atoms with E-state index in [1.165, 1.54) is 7.11 Å². The summed E-state index contributed by atoms with van der Waals surface area (Å²) in [6.45, 7) is 4.52. The van der Waals surface area contributed by atoms with Crippen LogP contribution in [0.15, 0.2) is 0 Å². The quantitative estimate of drug-likeness (QED) is 0.668. The van der Waals surface area contributed by atoms with E-state index in [-0.39, 0.29) is 18.1 Å². The highest BCUT2D eigenvalue weighted by Gasteiger charge is 2.21. The first-order chi connectivity index (χ1) is 7.77. The number of ether oxygens (including phenoxy) is 3. The highest BCUT2D eigenvalue weighted by molar-refractivity contribution is 5.75. The lowest BCUT2D eigenvalue weighted by molar-refractivity contribution is -0.146. The van der Waals surface area contributed by atoms with Gasteiger partial charge < -0.3 is 19.5 Å². The zero-order valence-corrected chi connectivity index (χ0v) is 10.0. The third-order valence-corrected chi connectivity index (χ3v) is 2.60. The fourth-order valence-electron chi connectivity index (χ4n) is 1.67. The van der Waals surface area contributed by atoms with Crippen LogP contribution in [0.2, 0.25) is 0 Å². The van der Waals surface area contributed by atoms with Crippen molar-refractivity contribution in [2.75, 3.05) is 33.5 Å². The van der Waals surface area contributed by atoms with E-state index >= 15 is 0 Å². The number of carbonyl (C=O) groups excluding carboxylic acids is 1. The molecule has 1 unspecified atom stereocenters. The Bertz CT molecular complexity index is 204. The number of rotatable bonds is 6. The maximum absolute atomic E-state index is 11.4. The Morgan fingerprint density at radius 3 is 2.75 bits per heavy atom. The van der Waals surface area contributed by atoms with Crippen LogP contribution < -0.4 is 5.32 Å². The molecule has 0 aromatic rings. The van der Waals surface area contributed by atoms with Crippen LogP contribution in [0.1, 0.15) is 19.8 Å². The molecule has 1 aliphatic rings. The maximum Gasteiger partial charge on any atom is 0.325 e. The highest BCUT2D eigenvalue weighted by atomic mass is 16.5.